The Morgan fingerprint density at radius 3 is 2.89 bits per heavy atom. The molecule has 0 aliphatic carbocycles. The molecule has 0 fully saturated rings. The van der Waals surface area contributed by atoms with Gasteiger partial charge in [-0.15, -0.1) is 0 Å². The number of nitrogens with zero attached hydrogens (tertiary/aromatic N) is 4. The Morgan fingerprint density at radius 1 is 1.42 bits per heavy atom. The number of amides is 1. The maximum atomic E-state index is 11.5. The number of rotatable bonds is 4. The van der Waals surface area contributed by atoms with Gasteiger partial charge in [0.15, 0.2) is 11.6 Å². The van der Waals surface area contributed by atoms with Gasteiger partial charge in [0.25, 0.3) is 0 Å². The molecule has 100 valence electrons. The summed E-state index contributed by atoms with van der Waals surface area (Å²) in [6.07, 6.45) is 2.69. The van der Waals surface area contributed by atoms with Gasteiger partial charge in [-0.05, 0) is 19.1 Å². The average Bonchev–Trinajstić information content (AvgIpc) is 2.84. The number of aromatic amines is 1. The molecule has 1 amide bonds. The Morgan fingerprint density at radius 2 is 2.21 bits per heavy atom. The van der Waals surface area contributed by atoms with Crippen LogP contribution in [0.3, 0.4) is 0 Å². The number of nitrogens with one attached hydrogen (secondary N) is 1. The molecule has 0 aliphatic rings. The Labute approximate surface area is 111 Å². The number of H-pyrrole nitrogens is 1. The van der Waals surface area contributed by atoms with Crippen molar-refractivity contribution in [3.8, 4) is 11.4 Å². The van der Waals surface area contributed by atoms with Gasteiger partial charge in [-0.25, -0.2) is 4.98 Å². The molecule has 2 heterocycles. The Bertz CT molecular complexity index is 576. The standard InChI is InChI=1S/C13H17N5O/c1-9-8-10(6-7-14-9)13-15-11(16-17-13)4-5-12(19)18(2)3/h6-8H,4-5H2,1-3H3,(H,15,16,17). The fraction of sp³-hybridized carbons (Fsp3) is 0.385. The summed E-state index contributed by atoms with van der Waals surface area (Å²) in [5.74, 6) is 1.43. The number of carbonyl (C=O) groups excluding carboxylic acids is 1. The zero-order chi connectivity index (χ0) is 13.8. The molecule has 0 bridgehead atoms. The lowest BCUT2D eigenvalue weighted by Gasteiger charge is -2.08. The molecule has 1 N–H and O–H groups in total. The summed E-state index contributed by atoms with van der Waals surface area (Å²) in [7, 11) is 3.48. The van der Waals surface area contributed by atoms with Crippen molar-refractivity contribution in [2.24, 2.45) is 0 Å². The highest BCUT2D eigenvalue weighted by molar-refractivity contribution is 5.75. The lowest BCUT2D eigenvalue weighted by molar-refractivity contribution is -0.128. The van der Waals surface area contributed by atoms with Crippen molar-refractivity contribution in [3.05, 3.63) is 29.8 Å². The first-order valence-corrected chi connectivity index (χ1v) is 6.10. The van der Waals surface area contributed by atoms with Crippen LogP contribution in [0.1, 0.15) is 17.9 Å². The number of hydrogen-bond acceptors (Lipinski definition) is 4. The van der Waals surface area contributed by atoms with Crippen molar-refractivity contribution in [2.75, 3.05) is 14.1 Å². The highest BCUT2D eigenvalue weighted by Crippen LogP contribution is 2.14. The number of pyridine rings is 1. The molecule has 6 heteroatoms. The van der Waals surface area contributed by atoms with Crippen LogP contribution in [0.15, 0.2) is 18.3 Å². The van der Waals surface area contributed by atoms with Gasteiger partial charge in [-0.2, -0.15) is 5.10 Å². The molecule has 19 heavy (non-hydrogen) atoms. The summed E-state index contributed by atoms with van der Waals surface area (Å²) in [6, 6.07) is 3.82. The molecule has 0 aromatic carbocycles. The molecule has 0 radical (unpaired) electrons. The van der Waals surface area contributed by atoms with Gasteiger partial charge in [0.05, 0.1) is 0 Å². The predicted molar refractivity (Wildman–Crippen MR) is 71.4 cm³/mol. The molecule has 2 aromatic rings. The third kappa shape index (κ3) is 3.37. The highest BCUT2D eigenvalue weighted by atomic mass is 16.2. The number of hydrogen-bond donors (Lipinski definition) is 1. The third-order valence-electron chi connectivity index (χ3n) is 2.76. The second kappa shape index (κ2) is 5.60. The highest BCUT2D eigenvalue weighted by Gasteiger charge is 2.09. The average molecular weight is 259 g/mol. The summed E-state index contributed by atoms with van der Waals surface area (Å²) in [5, 5.41) is 7.01. The molecular weight excluding hydrogens is 242 g/mol. The lowest BCUT2D eigenvalue weighted by atomic mass is 10.2. The largest absolute Gasteiger partial charge is 0.349 e. The van der Waals surface area contributed by atoms with E-state index in [1.54, 1.807) is 25.2 Å². The summed E-state index contributed by atoms with van der Waals surface area (Å²) >= 11 is 0. The number of carbonyl (C=O) groups is 1. The van der Waals surface area contributed by atoms with Gasteiger partial charge >= 0.3 is 0 Å². The Hall–Kier alpha value is -2.24. The van der Waals surface area contributed by atoms with Crippen LogP contribution in [0.25, 0.3) is 11.4 Å². The Balaban J connectivity index is 2.05. The first kappa shape index (κ1) is 13.2. The molecule has 6 nitrogen and oxygen atoms in total. The van der Waals surface area contributed by atoms with Crippen LogP contribution in [0.4, 0.5) is 0 Å². The van der Waals surface area contributed by atoms with E-state index >= 15 is 0 Å². The fourth-order valence-electron chi connectivity index (χ4n) is 1.67. The van der Waals surface area contributed by atoms with E-state index in [1.807, 2.05) is 19.1 Å². The zero-order valence-electron chi connectivity index (χ0n) is 11.3. The first-order valence-electron chi connectivity index (χ1n) is 6.10. The van der Waals surface area contributed by atoms with Crippen LogP contribution in [0.2, 0.25) is 0 Å². The molecule has 0 saturated heterocycles. The van der Waals surface area contributed by atoms with Crippen molar-refractivity contribution in [1.82, 2.24) is 25.1 Å². The van der Waals surface area contributed by atoms with Crippen molar-refractivity contribution in [3.63, 3.8) is 0 Å². The van der Waals surface area contributed by atoms with Crippen molar-refractivity contribution < 1.29 is 4.79 Å². The van der Waals surface area contributed by atoms with E-state index in [0.717, 1.165) is 11.3 Å². The lowest BCUT2D eigenvalue weighted by Crippen LogP contribution is -2.21. The van der Waals surface area contributed by atoms with Gasteiger partial charge in [-0.3, -0.25) is 14.9 Å². The predicted octanol–water partition coefficient (Wildman–Crippen LogP) is 1.20. The van der Waals surface area contributed by atoms with E-state index in [2.05, 4.69) is 20.2 Å². The van der Waals surface area contributed by atoms with Crippen LogP contribution in [0.5, 0.6) is 0 Å². The molecular formula is C13H17N5O. The molecule has 2 aromatic heterocycles. The topological polar surface area (TPSA) is 74.8 Å². The Kier molecular flexibility index (Phi) is 3.89. The van der Waals surface area contributed by atoms with E-state index in [-0.39, 0.29) is 5.91 Å². The fourth-order valence-corrected chi connectivity index (χ4v) is 1.67. The van der Waals surface area contributed by atoms with Gasteiger partial charge < -0.3 is 4.90 Å². The molecule has 0 unspecified atom stereocenters. The summed E-state index contributed by atoms with van der Waals surface area (Å²) in [5.41, 5.74) is 1.88. The normalized spacial score (nSPS) is 10.5. The quantitative estimate of drug-likeness (QED) is 0.895. The smallest absolute Gasteiger partial charge is 0.222 e. The van der Waals surface area contributed by atoms with E-state index in [4.69, 9.17) is 0 Å². The van der Waals surface area contributed by atoms with Crippen molar-refractivity contribution in [1.29, 1.82) is 0 Å². The second-order valence-corrected chi connectivity index (χ2v) is 4.57. The van der Waals surface area contributed by atoms with E-state index in [1.165, 1.54) is 0 Å². The van der Waals surface area contributed by atoms with E-state index in [9.17, 15) is 4.79 Å². The SMILES string of the molecule is Cc1cc(-c2nc(CCC(=O)N(C)C)n[nH]2)ccn1. The molecule has 0 spiro atoms. The van der Waals surface area contributed by atoms with Crippen molar-refractivity contribution in [2.45, 2.75) is 19.8 Å². The van der Waals surface area contributed by atoms with Crippen LogP contribution in [-0.4, -0.2) is 45.1 Å². The van der Waals surface area contributed by atoms with Crippen LogP contribution < -0.4 is 0 Å². The van der Waals surface area contributed by atoms with E-state index < -0.39 is 0 Å². The molecule has 0 aliphatic heterocycles. The minimum Gasteiger partial charge on any atom is -0.349 e. The number of aryl methyl sites for hydroxylation is 2. The van der Waals surface area contributed by atoms with Crippen molar-refractivity contribution >= 4 is 5.91 Å². The minimum absolute atomic E-state index is 0.0751. The van der Waals surface area contributed by atoms with E-state index in [0.29, 0.717) is 24.5 Å². The summed E-state index contributed by atoms with van der Waals surface area (Å²) in [6.45, 7) is 1.93. The number of aromatic nitrogens is 4. The third-order valence-corrected chi connectivity index (χ3v) is 2.76. The summed E-state index contributed by atoms with van der Waals surface area (Å²) < 4.78 is 0. The van der Waals surface area contributed by atoms with Gasteiger partial charge in [0, 0.05) is 44.4 Å². The maximum absolute atomic E-state index is 11.5. The maximum Gasteiger partial charge on any atom is 0.222 e. The summed E-state index contributed by atoms with van der Waals surface area (Å²) in [4.78, 5) is 21.6. The monoisotopic (exact) mass is 259 g/mol. The van der Waals surface area contributed by atoms with Crippen LogP contribution in [-0.2, 0) is 11.2 Å². The molecule has 0 saturated carbocycles. The minimum atomic E-state index is 0.0751. The van der Waals surface area contributed by atoms with Gasteiger partial charge in [-0.1, -0.05) is 0 Å². The molecule has 2 rings (SSSR count). The molecule has 0 atom stereocenters. The zero-order valence-corrected chi connectivity index (χ0v) is 11.3. The van der Waals surface area contributed by atoms with Crippen LogP contribution in [0, 0.1) is 6.92 Å². The van der Waals surface area contributed by atoms with Crippen LogP contribution >= 0.6 is 0 Å². The first-order chi connectivity index (χ1) is 9.06. The van der Waals surface area contributed by atoms with Gasteiger partial charge in [0.1, 0.15) is 0 Å². The van der Waals surface area contributed by atoms with Gasteiger partial charge in [0.2, 0.25) is 5.91 Å². The second-order valence-electron chi connectivity index (χ2n) is 4.57.